The quantitative estimate of drug-likeness (QED) is 0.779. The van der Waals surface area contributed by atoms with Crippen LogP contribution in [0.25, 0.3) is 0 Å². The second-order valence-corrected chi connectivity index (χ2v) is 7.87. The lowest BCUT2D eigenvalue weighted by Crippen LogP contribution is -2.44. The third kappa shape index (κ3) is 6.60. The van der Waals surface area contributed by atoms with E-state index in [4.69, 9.17) is 4.74 Å². The molecule has 0 radical (unpaired) electrons. The number of ether oxygens (including phenoxy) is 1. The molecule has 1 fully saturated rings. The van der Waals surface area contributed by atoms with E-state index < -0.39 is 5.60 Å². The van der Waals surface area contributed by atoms with Gasteiger partial charge in [0, 0.05) is 19.1 Å². The van der Waals surface area contributed by atoms with Gasteiger partial charge in [-0.1, -0.05) is 20.8 Å². The third-order valence-electron chi connectivity index (χ3n) is 3.89. The fraction of sp³-hybridized carbons (Fsp3) is 0.938. The van der Waals surface area contributed by atoms with Crippen LogP contribution in [-0.2, 0) is 4.74 Å². The van der Waals surface area contributed by atoms with Gasteiger partial charge in [0.05, 0.1) is 0 Å². The van der Waals surface area contributed by atoms with Crippen LogP contribution in [0.5, 0.6) is 0 Å². The molecule has 20 heavy (non-hydrogen) atoms. The van der Waals surface area contributed by atoms with Gasteiger partial charge in [0.1, 0.15) is 5.60 Å². The zero-order valence-corrected chi connectivity index (χ0v) is 14.0. The van der Waals surface area contributed by atoms with Crippen molar-refractivity contribution in [2.24, 2.45) is 11.3 Å². The van der Waals surface area contributed by atoms with Gasteiger partial charge in [-0.2, -0.15) is 0 Å². The largest absolute Gasteiger partial charge is 0.444 e. The number of alkyl carbamates (subject to hydrolysis) is 1. The van der Waals surface area contributed by atoms with Gasteiger partial charge in [-0.15, -0.1) is 0 Å². The molecule has 0 aromatic heterocycles. The van der Waals surface area contributed by atoms with Gasteiger partial charge in [-0.3, -0.25) is 0 Å². The molecular formula is C16H32N2O2. The van der Waals surface area contributed by atoms with Crippen molar-refractivity contribution in [2.45, 2.75) is 72.4 Å². The highest BCUT2D eigenvalue weighted by atomic mass is 16.6. The van der Waals surface area contributed by atoms with Gasteiger partial charge in [0.25, 0.3) is 0 Å². The lowest BCUT2D eigenvalue weighted by atomic mass is 9.70. The minimum absolute atomic E-state index is 0.336. The first-order valence-electron chi connectivity index (χ1n) is 7.79. The van der Waals surface area contributed by atoms with Crippen LogP contribution in [0, 0.1) is 11.3 Å². The van der Waals surface area contributed by atoms with E-state index in [1.54, 1.807) is 0 Å². The monoisotopic (exact) mass is 284 g/mol. The van der Waals surface area contributed by atoms with Crippen LogP contribution >= 0.6 is 0 Å². The second kappa shape index (κ2) is 6.79. The summed E-state index contributed by atoms with van der Waals surface area (Å²) in [5, 5.41) is 6.34. The summed E-state index contributed by atoms with van der Waals surface area (Å²) >= 11 is 0. The zero-order valence-electron chi connectivity index (χ0n) is 14.0. The van der Waals surface area contributed by atoms with Crippen LogP contribution in [0.2, 0.25) is 0 Å². The number of hydrogen-bond donors (Lipinski definition) is 2. The summed E-state index contributed by atoms with van der Waals surface area (Å²) in [4.78, 5) is 11.5. The van der Waals surface area contributed by atoms with Gasteiger partial charge >= 0.3 is 6.09 Å². The van der Waals surface area contributed by atoms with Crippen LogP contribution in [0.3, 0.4) is 0 Å². The van der Waals surface area contributed by atoms with Crippen molar-refractivity contribution in [1.82, 2.24) is 10.6 Å². The maximum Gasteiger partial charge on any atom is 0.407 e. The molecule has 1 aliphatic rings. The minimum Gasteiger partial charge on any atom is -0.444 e. The molecule has 2 N–H and O–H groups in total. The third-order valence-corrected chi connectivity index (χ3v) is 3.89. The summed E-state index contributed by atoms with van der Waals surface area (Å²) in [5.74, 6) is 0.695. The topological polar surface area (TPSA) is 50.4 Å². The van der Waals surface area contributed by atoms with E-state index in [2.05, 4.69) is 31.4 Å². The molecule has 0 aliphatic heterocycles. The second-order valence-electron chi connectivity index (χ2n) is 7.87. The molecular weight excluding hydrogens is 252 g/mol. The molecule has 1 rings (SSSR count). The number of carbonyl (C=O) groups excluding carboxylic acids is 1. The van der Waals surface area contributed by atoms with Crippen LogP contribution in [-0.4, -0.2) is 30.8 Å². The molecule has 2 atom stereocenters. The summed E-state index contributed by atoms with van der Waals surface area (Å²) in [6.07, 6.45) is 3.43. The molecule has 118 valence electrons. The van der Waals surface area contributed by atoms with Crippen molar-refractivity contribution in [3.05, 3.63) is 0 Å². The van der Waals surface area contributed by atoms with Crippen molar-refractivity contribution >= 4 is 6.09 Å². The molecule has 0 spiro atoms. The first-order chi connectivity index (χ1) is 9.09. The first-order valence-corrected chi connectivity index (χ1v) is 7.79. The molecule has 0 aromatic carbocycles. The molecule has 0 saturated heterocycles. The van der Waals surface area contributed by atoms with Crippen molar-refractivity contribution in [1.29, 1.82) is 0 Å². The molecule has 1 amide bonds. The van der Waals surface area contributed by atoms with Gasteiger partial charge in [0.15, 0.2) is 0 Å². The Morgan fingerprint density at radius 2 is 1.95 bits per heavy atom. The summed E-state index contributed by atoms with van der Waals surface area (Å²) in [7, 11) is 0. The Morgan fingerprint density at radius 1 is 1.30 bits per heavy atom. The van der Waals surface area contributed by atoms with Crippen LogP contribution in [0.4, 0.5) is 4.79 Å². The predicted molar refractivity (Wildman–Crippen MR) is 82.8 cm³/mol. The number of amides is 1. The Labute approximate surface area is 124 Å². The highest BCUT2D eigenvalue weighted by Crippen LogP contribution is 2.38. The Balaban J connectivity index is 2.17. The molecule has 0 bridgehead atoms. The molecule has 4 nitrogen and oxygen atoms in total. The van der Waals surface area contributed by atoms with E-state index in [1.807, 2.05) is 20.8 Å². The number of hydrogen-bond acceptors (Lipinski definition) is 3. The van der Waals surface area contributed by atoms with Crippen LogP contribution in [0.1, 0.15) is 60.8 Å². The zero-order chi connectivity index (χ0) is 15.4. The Kier molecular flexibility index (Phi) is 5.87. The summed E-state index contributed by atoms with van der Waals surface area (Å²) in [6, 6.07) is 0.573. The number of rotatable bonds is 4. The fourth-order valence-electron chi connectivity index (χ4n) is 2.99. The number of nitrogens with one attached hydrogen (secondary N) is 2. The molecule has 0 heterocycles. The van der Waals surface area contributed by atoms with E-state index in [0.29, 0.717) is 23.9 Å². The molecule has 0 aromatic rings. The summed E-state index contributed by atoms with van der Waals surface area (Å²) < 4.78 is 5.20. The van der Waals surface area contributed by atoms with E-state index in [9.17, 15) is 4.79 Å². The standard InChI is InChI=1S/C16H32N2O2/c1-12-11-16(5,6)8-7-13(12)17-9-10-18-14(19)20-15(2,3)4/h12-13,17H,7-11H2,1-6H3,(H,18,19). The molecule has 4 heteroatoms. The average molecular weight is 284 g/mol. The molecule has 2 unspecified atom stereocenters. The van der Waals surface area contributed by atoms with E-state index >= 15 is 0 Å². The predicted octanol–water partition coefficient (Wildman–Crippen LogP) is 3.32. The molecule has 1 aliphatic carbocycles. The molecule has 1 saturated carbocycles. The summed E-state index contributed by atoms with van der Waals surface area (Å²) in [6.45, 7) is 14.0. The van der Waals surface area contributed by atoms with Crippen molar-refractivity contribution in [3.8, 4) is 0 Å². The maximum absolute atomic E-state index is 11.5. The average Bonchev–Trinajstić information content (AvgIpc) is 2.23. The SMILES string of the molecule is CC1CC(C)(C)CCC1NCCNC(=O)OC(C)(C)C. The maximum atomic E-state index is 11.5. The van der Waals surface area contributed by atoms with Crippen molar-refractivity contribution in [2.75, 3.05) is 13.1 Å². The Hall–Kier alpha value is -0.770. The van der Waals surface area contributed by atoms with Crippen LogP contribution < -0.4 is 10.6 Å². The Morgan fingerprint density at radius 3 is 2.50 bits per heavy atom. The first kappa shape index (κ1) is 17.3. The van der Waals surface area contributed by atoms with Gasteiger partial charge in [-0.25, -0.2) is 4.79 Å². The number of carbonyl (C=O) groups is 1. The highest BCUT2D eigenvalue weighted by Gasteiger charge is 2.31. The fourth-order valence-corrected chi connectivity index (χ4v) is 2.99. The van der Waals surface area contributed by atoms with Crippen molar-refractivity contribution < 1.29 is 9.53 Å². The van der Waals surface area contributed by atoms with Crippen molar-refractivity contribution in [3.63, 3.8) is 0 Å². The van der Waals surface area contributed by atoms with Crippen LogP contribution in [0.15, 0.2) is 0 Å². The van der Waals surface area contributed by atoms with E-state index in [-0.39, 0.29) is 6.09 Å². The van der Waals surface area contributed by atoms with E-state index in [0.717, 1.165) is 6.54 Å². The van der Waals surface area contributed by atoms with Gasteiger partial charge in [-0.05, 0) is 51.4 Å². The lowest BCUT2D eigenvalue weighted by Gasteiger charge is -2.39. The van der Waals surface area contributed by atoms with E-state index in [1.165, 1.54) is 19.3 Å². The van der Waals surface area contributed by atoms with Gasteiger partial charge in [0.2, 0.25) is 0 Å². The summed E-state index contributed by atoms with van der Waals surface area (Å²) in [5.41, 5.74) is 0.0489. The smallest absolute Gasteiger partial charge is 0.407 e. The minimum atomic E-state index is -0.430. The normalized spacial score (nSPS) is 26.1. The Bertz CT molecular complexity index is 321. The highest BCUT2D eigenvalue weighted by molar-refractivity contribution is 5.67. The van der Waals surface area contributed by atoms with Gasteiger partial charge < -0.3 is 15.4 Å². The lowest BCUT2D eigenvalue weighted by molar-refractivity contribution is 0.0527.